The first-order chi connectivity index (χ1) is 8.93. The van der Waals surface area contributed by atoms with E-state index in [9.17, 15) is 0 Å². The van der Waals surface area contributed by atoms with Gasteiger partial charge in [-0.2, -0.15) is 0 Å². The van der Waals surface area contributed by atoms with Crippen LogP contribution in [0, 0.1) is 34.6 Å². The average molecular weight is 254 g/mol. The Morgan fingerprint density at radius 3 is 1.79 bits per heavy atom. The zero-order valence-corrected chi connectivity index (χ0v) is 12.7. The van der Waals surface area contributed by atoms with E-state index < -0.39 is 0 Å². The van der Waals surface area contributed by atoms with Gasteiger partial charge < -0.3 is 4.74 Å². The molecule has 0 radical (unpaired) electrons. The lowest BCUT2D eigenvalue weighted by Gasteiger charge is -2.16. The molecule has 0 unspecified atom stereocenters. The minimum absolute atomic E-state index is 0.985. The van der Waals surface area contributed by atoms with Crippen molar-refractivity contribution in [1.82, 2.24) is 0 Å². The minimum atomic E-state index is 0.985. The summed E-state index contributed by atoms with van der Waals surface area (Å²) in [6.45, 7) is 10.7. The van der Waals surface area contributed by atoms with E-state index in [4.69, 9.17) is 4.74 Å². The Hall–Kier alpha value is -1.76. The van der Waals surface area contributed by atoms with E-state index in [1.807, 2.05) is 0 Å². The van der Waals surface area contributed by atoms with Crippen molar-refractivity contribution in [2.45, 2.75) is 34.6 Å². The van der Waals surface area contributed by atoms with Gasteiger partial charge in [-0.3, -0.25) is 0 Å². The summed E-state index contributed by atoms with van der Waals surface area (Å²) in [4.78, 5) is 0. The second kappa shape index (κ2) is 5.08. The van der Waals surface area contributed by atoms with E-state index in [0.717, 1.165) is 5.75 Å². The highest BCUT2D eigenvalue weighted by Crippen LogP contribution is 2.37. The number of hydrogen-bond acceptors (Lipinski definition) is 1. The summed E-state index contributed by atoms with van der Waals surface area (Å²) < 4.78 is 5.62. The van der Waals surface area contributed by atoms with Crippen LogP contribution in [0.25, 0.3) is 11.1 Å². The van der Waals surface area contributed by atoms with Crippen LogP contribution in [-0.2, 0) is 0 Å². The molecular weight excluding hydrogens is 232 g/mol. The van der Waals surface area contributed by atoms with Crippen LogP contribution >= 0.6 is 0 Å². The van der Waals surface area contributed by atoms with Gasteiger partial charge in [0.15, 0.2) is 0 Å². The van der Waals surface area contributed by atoms with Crippen LogP contribution in [-0.4, -0.2) is 7.11 Å². The third kappa shape index (κ3) is 2.51. The number of aryl methyl sites for hydroxylation is 4. The molecule has 0 fully saturated rings. The van der Waals surface area contributed by atoms with Crippen LogP contribution in [0.3, 0.4) is 0 Å². The molecule has 19 heavy (non-hydrogen) atoms. The predicted octanol–water partition coefficient (Wildman–Crippen LogP) is 4.90. The van der Waals surface area contributed by atoms with Crippen molar-refractivity contribution in [3.63, 3.8) is 0 Å². The molecule has 0 aromatic heterocycles. The lowest BCUT2D eigenvalue weighted by molar-refractivity contribution is 0.413. The highest BCUT2D eigenvalue weighted by molar-refractivity contribution is 5.76. The van der Waals surface area contributed by atoms with Gasteiger partial charge in [0.2, 0.25) is 0 Å². The molecule has 0 saturated heterocycles. The van der Waals surface area contributed by atoms with E-state index >= 15 is 0 Å². The van der Waals surface area contributed by atoms with Crippen LogP contribution in [0.1, 0.15) is 27.8 Å². The first-order valence-corrected chi connectivity index (χ1v) is 6.67. The van der Waals surface area contributed by atoms with Crippen molar-refractivity contribution in [3.8, 4) is 16.9 Å². The summed E-state index contributed by atoms with van der Waals surface area (Å²) in [5, 5.41) is 0. The Bertz CT molecular complexity index is 624. The van der Waals surface area contributed by atoms with E-state index in [2.05, 4.69) is 58.9 Å². The molecule has 0 amide bonds. The SMILES string of the molecule is COc1c(C)cc(C)cc1-c1cc(C)cc(C)c1C. The van der Waals surface area contributed by atoms with Gasteiger partial charge in [-0.25, -0.2) is 0 Å². The van der Waals surface area contributed by atoms with Crippen LogP contribution in [0.15, 0.2) is 24.3 Å². The summed E-state index contributed by atoms with van der Waals surface area (Å²) in [7, 11) is 1.75. The highest BCUT2D eigenvalue weighted by Gasteiger charge is 2.13. The maximum absolute atomic E-state index is 5.62. The zero-order valence-electron chi connectivity index (χ0n) is 12.7. The van der Waals surface area contributed by atoms with Crippen LogP contribution < -0.4 is 4.74 Å². The van der Waals surface area contributed by atoms with Gasteiger partial charge in [0, 0.05) is 5.56 Å². The van der Waals surface area contributed by atoms with Gasteiger partial charge in [0.25, 0.3) is 0 Å². The van der Waals surface area contributed by atoms with Crippen LogP contribution in [0.2, 0.25) is 0 Å². The Morgan fingerprint density at radius 1 is 0.684 bits per heavy atom. The smallest absolute Gasteiger partial charge is 0.129 e. The molecule has 1 nitrogen and oxygen atoms in total. The quantitative estimate of drug-likeness (QED) is 0.740. The molecule has 0 aliphatic heterocycles. The molecule has 0 N–H and O–H groups in total. The molecular formula is C18H22O. The van der Waals surface area contributed by atoms with E-state index in [-0.39, 0.29) is 0 Å². The van der Waals surface area contributed by atoms with Crippen molar-refractivity contribution >= 4 is 0 Å². The largest absolute Gasteiger partial charge is 0.496 e. The Morgan fingerprint density at radius 2 is 1.21 bits per heavy atom. The van der Waals surface area contributed by atoms with E-state index in [0.29, 0.717) is 0 Å². The van der Waals surface area contributed by atoms with Crippen molar-refractivity contribution < 1.29 is 4.74 Å². The van der Waals surface area contributed by atoms with Crippen molar-refractivity contribution in [1.29, 1.82) is 0 Å². The van der Waals surface area contributed by atoms with Crippen molar-refractivity contribution in [2.75, 3.05) is 7.11 Å². The molecule has 2 rings (SSSR count). The normalized spacial score (nSPS) is 10.6. The van der Waals surface area contributed by atoms with Crippen molar-refractivity contribution in [3.05, 3.63) is 52.1 Å². The topological polar surface area (TPSA) is 9.23 Å². The molecule has 0 saturated carbocycles. The summed E-state index contributed by atoms with van der Waals surface area (Å²) in [5.41, 5.74) is 8.89. The second-order valence-corrected chi connectivity index (χ2v) is 5.42. The summed E-state index contributed by atoms with van der Waals surface area (Å²) in [5.74, 6) is 0.985. The molecule has 0 atom stereocenters. The number of hydrogen-bond donors (Lipinski definition) is 0. The fourth-order valence-corrected chi connectivity index (χ4v) is 2.74. The Kier molecular flexibility index (Phi) is 3.66. The van der Waals surface area contributed by atoms with Crippen molar-refractivity contribution in [2.24, 2.45) is 0 Å². The lowest BCUT2D eigenvalue weighted by Crippen LogP contribution is -1.96. The van der Waals surface area contributed by atoms with Gasteiger partial charge in [0.1, 0.15) is 5.75 Å². The fraction of sp³-hybridized carbons (Fsp3) is 0.333. The maximum atomic E-state index is 5.62. The van der Waals surface area contributed by atoms with Gasteiger partial charge in [-0.15, -0.1) is 0 Å². The molecule has 0 aliphatic rings. The molecule has 0 bridgehead atoms. The second-order valence-electron chi connectivity index (χ2n) is 5.42. The summed E-state index contributed by atoms with van der Waals surface area (Å²) in [6, 6.07) is 8.86. The molecule has 2 aromatic rings. The van der Waals surface area contributed by atoms with Gasteiger partial charge in [-0.05, 0) is 68.5 Å². The highest BCUT2D eigenvalue weighted by atomic mass is 16.5. The van der Waals surface area contributed by atoms with Gasteiger partial charge in [0.05, 0.1) is 7.11 Å². The van der Waals surface area contributed by atoms with Crippen LogP contribution in [0.4, 0.5) is 0 Å². The number of ether oxygens (including phenoxy) is 1. The third-order valence-corrected chi connectivity index (χ3v) is 3.72. The number of benzene rings is 2. The standard InChI is InChI=1S/C18H22O/c1-11-7-13(3)15(5)16(9-11)17-10-12(2)8-14(4)18(17)19-6/h7-10H,1-6H3. The molecule has 100 valence electrons. The fourth-order valence-electron chi connectivity index (χ4n) is 2.74. The zero-order chi connectivity index (χ0) is 14.2. The number of methoxy groups -OCH3 is 1. The first kappa shape index (κ1) is 13.7. The molecule has 2 aromatic carbocycles. The monoisotopic (exact) mass is 254 g/mol. The van der Waals surface area contributed by atoms with Gasteiger partial charge in [-0.1, -0.05) is 23.8 Å². The van der Waals surface area contributed by atoms with E-state index in [1.54, 1.807) is 7.11 Å². The first-order valence-electron chi connectivity index (χ1n) is 6.67. The third-order valence-electron chi connectivity index (χ3n) is 3.72. The molecule has 0 heterocycles. The Balaban J connectivity index is 2.78. The predicted molar refractivity (Wildman–Crippen MR) is 82.1 cm³/mol. The molecule has 0 aliphatic carbocycles. The van der Waals surface area contributed by atoms with E-state index in [1.165, 1.54) is 38.9 Å². The molecule has 0 spiro atoms. The van der Waals surface area contributed by atoms with Gasteiger partial charge >= 0.3 is 0 Å². The van der Waals surface area contributed by atoms with Crippen LogP contribution in [0.5, 0.6) is 5.75 Å². The maximum Gasteiger partial charge on any atom is 0.129 e. The number of rotatable bonds is 2. The Labute approximate surface area is 116 Å². The lowest BCUT2D eigenvalue weighted by atomic mass is 9.92. The summed E-state index contributed by atoms with van der Waals surface area (Å²) in [6.07, 6.45) is 0. The molecule has 1 heteroatoms. The average Bonchev–Trinajstić information content (AvgIpc) is 2.33. The summed E-state index contributed by atoms with van der Waals surface area (Å²) >= 11 is 0. The minimum Gasteiger partial charge on any atom is -0.496 e.